The first-order chi connectivity index (χ1) is 8.97. The van der Waals surface area contributed by atoms with Crippen LogP contribution in [0.15, 0.2) is 0 Å². The molecule has 0 N–H and O–H groups in total. The van der Waals surface area contributed by atoms with Gasteiger partial charge in [0.05, 0.1) is 25.3 Å². The Kier molecular flexibility index (Phi) is 7.08. The van der Waals surface area contributed by atoms with Crippen molar-refractivity contribution in [1.82, 2.24) is 0 Å². The van der Waals surface area contributed by atoms with Gasteiger partial charge < -0.3 is 18.9 Å². The number of rotatable bonds is 6. The Labute approximate surface area is 121 Å². The first-order valence-electron chi connectivity index (χ1n) is 6.44. The van der Waals surface area contributed by atoms with Gasteiger partial charge in [0, 0.05) is 62.8 Å². The summed E-state index contributed by atoms with van der Waals surface area (Å²) >= 11 is 0. The zero-order chi connectivity index (χ0) is 14.6. The first kappa shape index (κ1) is 17.2. The van der Waals surface area contributed by atoms with Crippen LogP contribution in [0.4, 0.5) is 0 Å². The summed E-state index contributed by atoms with van der Waals surface area (Å²) in [4.78, 5) is 0. The fraction of sp³-hybridized carbons (Fsp3) is 1.00. The minimum atomic E-state index is -0.684. The highest BCUT2D eigenvalue weighted by molar-refractivity contribution is 7.66. The average molecular weight is 257 g/mol. The second-order valence-corrected chi connectivity index (χ2v) is 5.01. The number of hydrogen-bond acceptors (Lipinski definition) is 4. The summed E-state index contributed by atoms with van der Waals surface area (Å²) < 4.78 is 22.2. The van der Waals surface area contributed by atoms with Crippen molar-refractivity contribution in [3.05, 3.63) is 0 Å². The standard InChI is InChI=1S/C10H19B5O4/c1-6-7(5-16-2)19-10(14(11)15(12)13)9(18-4)8(6)17-3/h6-10H,5H2,1-4H3/t6-,7?,8-,9?,10+/m0/s1. The van der Waals surface area contributed by atoms with Crippen molar-refractivity contribution in [3.8, 4) is 0 Å². The van der Waals surface area contributed by atoms with Crippen LogP contribution in [0, 0.1) is 5.92 Å². The molecule has 0 aromatic rings. The zero-order valence-electron chi connectivity index (χ0n) is 12.1. The zero-order valence-corrected chi connectivity index (χ0v) is 12.1. The van der Waals surface area contributed by atoms with Crippen LogP contribution in [0.1, 0.15) is 6.92 Å². The van der Waals surface area contributed by atoms with Crippen LogP contribution in [0.25, 0.3) is 0 Å². The third-order valence-corrected chi connectivity index (χ3v) is 3.78. The minimum Gasteiger partial charge on any atom is -0.382 e. The van der Waals surface area contributed by atoms with Crippen molar-refractivity contribution in [1.29, 1.82) is 0 Å². The van der Waals surface area contributed by atoms with Gasteiger partial charge in [0.2, 0.25) is 0 Å². The molecule has 0 saturated carbocycles. The maximum absolute atomic E-state index is 6.03. The number of methoxy groups -OCH3 is 3. The summed E-state index contributed by atoms with van der Waals surface area (Å²) in [5, 5.41) is 0. The lowest BCUT2D eigenvalue weighted by molar-refractivity contribution is -0.199. The van der Waals surface area contributed by atoms with E-state index in [1.165, 1.54) is 0 Å². The highest BCUT2D eigenvalue weighted by Crippen LogP contribution is 2.30. The molecule has 1 fully saturated rings. The van der Waals surface area contributed by atoms with E-state index in [1.807, 2.05) is 6.92 Å². The fourth-order valence-corrected chi connectivity index (χ4v) is 2.60. The monoisotopic (exact) mass is 258 g/mol. The van der Waals surface area contributed by atoms with Gasteiger partial charge in [-0.05, 0) is 0 Å². The normalized spacial score (nSPS) is 35.1. The summed E-state index contributed by atoms with van der Waals surface area (Å²) in [7, 11) is 22.2. The van der Waals surface area contributed by atoms with E-state index in [-0.39, 0.29) is 24.2 Å². The molecule has 0 spiro atoms. The van der Waals surface area contributed by atoms with Crippen molar-refractivity contribution in [3.63, 3.8) is 0 Å². The Balaban J connectivity index is 2.93. The van der Waals surface area contributed by atoms with Gasteiger partial charge in [0.1, 0.15) is 6.10 Å². The predicted molar refractivity (Wildman–Crippen MR) is 80.1 cm³/mol. The summed E-state index contributed by atoms with van der Waals surface area (Å²) in [6, 6.07) is -0.425. The molecule has 1 saturated heterocycles. The second-order valence-electron chi connectivity index (χ2n) is 5.01. The summed E-state index contributed by atoms with van der Waals surface area (Å²) in [6.07, 6.45) is -1.26. The maximum Gasteiger partial charge on any atom is 0.101 e. The van der Waals surface area contributed by atoms with E-state index in [9.17, 15) is 0 Å². The molecule has 0 aliphatic carbocycles. The molecule has 0 amide bonds. The van der Waals surface area contributed by atoms with Crippen molar-refractivity contribution in [2.24, 2.45) is 5.92 Å². The third-order valence-electron chi connectivity index (χ3n) is 3.78. The van der Waals surface area contributed by atoms with Crippen LogP contribution < -0.4 is 0 Å². The van der Waals surface area contributed by atoms with Gasteiger partial charge in [-0.15, -0.1) is 0 Å². The minimum absolute atomic E-state index is 0.118. The van der Waals surface area contributed by atoms with Crippen LogP contribution in [-0.2, 0) is 18.9 Å². The van der Waals surface area contributed by atoms with Crippen molar-refractivity contribution in [2.75, 3.05) is 27.9 Å². The highest BCUT2D eigenvalue weighted by Gasteiger charge is 2.46. The molecule has 6 radical (unpaired) electrons. The molecule has 5 atom stereocenters. The van der Waals surface area contributed by atoms with Crippen molar-refractivity contribution in [2.45, 2.75) is 31.2 Å². The molecule has 0 bridgehead atoms. The van der Waals surface area contributed by atoms with Crippen LogP contribution in [0.3, 0.4) is 0 Å². The largest absolute Gasteiger partial charge is 0.382 e. The molecular weight excluding hydrogens is 238 g/mol. The first-order valence-corrected chi connectivity index (χ1v) is 6.44. The lowest BCUT2D eigenvalue weighted by Gasteiger charge is -2.47. The lowest BCUT2D eigenvalue weighted by Crippen LogP contribution is -2.64. The van der Waals surface area contributed by atoms with E-state index in [2.05, 4.69) is 0 Å². The van der Waals surface area contributed by atoms with Crippen LogP contribution in [0.5, 0.6) is 0 Å². The molecule has 0 aromatic heterocycles. The van der Waals surface area contributed by atoms with Gasteiger partial charge in [-0.3, -0.25) is 0 Å². The molecule has 1 aliphatic heterocycles. The van der Waals surface area contributed by atoms with Gasteiger partial charge in [-0.2, -0.15) is 0 Å². The molecule has 0 aromatic carbocycles. The Hall–Kier alpha value is 0.165. The second kappa shape index (κ2) is 7.82. The molecule has 19 heavy (non-hydrogen) atoms. The summed E-state index contributed by atoms with van der Waals surface area (Å²) in [6.45, 7) is 1.96. The molecular formula is C10H19B5O4. The molecule has 1 rings (SSSR count). The smallest absolute Gasteiger partial charge is 0.101 e. The van der Waals surface area contributed by atoms with Gasteiger partial charge in [-0.25, -0.2) is 0 Å². The quantitative estimate of drug-likeness (QED) is 0.553. The van der Waals surface area contributed by atoms with Crippen LogP contribution in [-0.4, -0.2) is 88.3 Å². The van der Waals surface area contributed by atoms with Crippen LogP contribution >= 0.6 is 0 Å². The topological polar surface area (TPSA) is 36.9 Å². The third kappa shape index (κ3) is 3.84. The van der Waals surface area contributed by atoms with E-state index in [4.69, 9.17) is 42.2 Å². The molecule has 1 heterocycles. The molecule has 4 nitrogen and oxygen atoms in total. The van der Waals surface area contributed by atoms with E-state index >= 15 is 0 Å². The fourth-order valence-electron chi connectivity index (χ4n) is 2.60. The highest BCUT2D eigenvalue weighted by atomic mass is 16.6. The number of ether oxygens (including phenoxy) is 4. The SMILES string of the molecule is [B]B([B])B([B])[C@@H]1OC(COC)[C@H](C)[C@H](OC)C1OC. The molecule has 98 valence electrons. The van der Waals surface area contributed by atoms with E-state index in [0.717, 1.165) is 0 Å². The van der Waals surface area contributed by atoms with Gasteiger partial charge in [0.25, 0.3) is 0 Å². The van der Waals surface area contributed by atoms with Crippen LogP contribution in [0.2, 0.25) is 0 Å². The molecule has 1 aliphatic rings. The van der Waals surface area contributed by atoms with Gasteiger partial charge >= 0.3 is 0 Å². The summed E-state index contributed by atoms with van der Waals surface area (Å²) in [5.41, 5.74) is 0. The Morgan fingerprint density at radius 2 is 1.63 bits per heavy atom. The summed E-state index contributed by atoms with van der Waals surface area (Å²) in [5.74, 6) is 0.118. The van der Waals surface area contributed by atoms with Gasteiger partial charge in [0.15, 0.2) is 0 Å². The van der Waals surface area contributed by atoms with Gasteiger partial charge in [-0.1, -0.05) is 6.92 Å². The van der Waals surface area contributed by atoms with Crippen molar-refractivity contribution < 1.29 is 18.9 Å². The molecule has 9 heteroatoms. The van der Waals surface area contributed by atoms with E-state index in [0.29, 0.717) is 6.61 Å². The Morgan fingerprint density at radius 3 is 2.05 bits per heavy atom. The van der Waals surface area contributed by atoms with E-state index in [1.54, 1.807) is 21.3 Å². The molecule has 2 unspecified atom stereocenters. The van der Waals surface area contributed by atoms with Crippen molar-refractivity contribution >= 4 is 36.1 Å². The Bertz CT molecular complexity index is 270. The number of hydrogen-bond donors (Lipinski definition) is 0. The lowest BCUT2D eigenvalue weighted by atomic mass is 8.85. The Morgan fingerprint density at radius 1 is 1.05 bits per heavy atom. The average Bonchev–Trinajstić information content (AvgIpc) is 2.39. The van der Waals surface area contributed by atoms with E-state index < -0.39 is 18.9 Å². The maximum atomic E-state index is 6.03. The predicted octanol–water partition coefficient (Wildman–Crippen LogP) is -1.33.